The molecule has 2 N–H and O–H groups in total. The molecular formula is C23H26BrN3O2. The maximum absolute atomic E-state index is 12.9. The van der Waals surface area contributed by atoms with Crippen LogP contribution >= 0.6 is 15.9 Å². The summed E-state index contributed by atoms with van der Waals surface area (Å²) in [7, 11) is 0. The lowest BCUT2D eigenvalue weighted by atomic mass is 9.96. The molecular weight excluding hydrogens is 430 g/mol. The molecule has 3 rings (SSSR count). The largest absolute Gasteiger partial charge is 0.349 e. The lowest BCUT2D eigenvalue weighted by Gasteiger charge is -2.32. The Balaban J connectivity index is 1.63. The number of para-hydroxylation sites is 1. The smallest absolute Gasteiger partial charge is 0.253 e. The Bertz CT molecular complexity index is 884. The lowest BCUT2D eigenvalue weighted by molar-refractivity contribution is -0.121. The first-order chi connectivity index (χ1) is 14.1. The van der Waals surface area contributed by atoms with Crippen molar-refractivity contribution in [2.75, 3.05) is 25.0 Å². The summed E-state index contributed by atoms with van der Waals surface area (Å²) < 4.78 is 1.06. The summed E-state index contributed by atoms with van der Waals surface area (Å²) >= 11 is 3.51. The summed E-state index contributed by atoms with van der Waals surface area (Å²) in [6.07, 6.45) is 3.46. The van der Waals surface area contributed by atoms with Crippen LogP contribution in [-0.2, 0) is 11.3 Å². The van der Waals surface area contributed by atoms with Crippen molar-refractivity contribution >= 4 is 33.4 Å². The number of carbonyl (C=O) groups excluding carboxylic acids is 2. The molecule has 1 fully saturated rings. The van der Waals surface area contributed by atoms with Crippen molar-refractivity contribution in [1.29, 1.82) is 0 Å². The van der Waals surface area contributed by atoms with Gasteiger partial charge in [-0.1, -0.05) is 46.3 Å². The van der Waals surface area contributed by atoms with Crippen molar-refractivity contribution in [3.05, 3.63) is 76.8 Å². The predicted molar refractivity (Wildman–Crippen MR) is 120 cm³/mol. The molecule has 0 bridgehead atoms. The van der Waals surface area contributed by atoms with Crippen LogP contribution in [0.3, 0.4) is 0 Å². The van der Waals surface area contributed by atoms with Gasteiger partial charge in [-0.05, 0) is 49.2 Å². The maximum atomic E-state index is 12.9. The standard InChI is InChI=1S/C23H26BrN3O2/c1-2-12-25-23(29)20-10-3-4-11-21(20)26-22(28)18-8-6-13-27(16-18)15-17-7-5-9-19(24)14-17/h2-5,7,9-11,14,18H,1,6,8,12-13,15-16H2,(H,25,29)(H,26,28). The number of nitrogens with zero attached hydrogens (tertiary/aromatic N) is 1. The van der Waals surface area contributed by atoms with Crippen LogP contribution < -0.4 is 10.6 Å². The van der Waals surface area contributed by atoms with E-state index in [4.69, 9.17) is 0 Å². The zero-order valence-electron chi connectivity index (χ0n) is 16.4. The molecule has 0 aromatic heterocycles. The summed E-state index contributed by atoms with van der Waals surface area (Å²) in [5.74, 6) is -0.353. The van der Waals surface area contributed by atoms with Crippen LogP contribution in [0.1, 0.15) is 28.8 Å². The molecule has 5 nitrogen and oxygen atoms in total. The minimum atomic E-state index is -0.222. The molecule has 1 unspecified atom stereocenters. The van der Waals surface area contributed by atoms with Gasteiger partial charge in [0.2, 0.25) is 5.91 Å². The van der Waals surface area contributed by atoms with Gasteiger partial charge in [-0.3, -0.25) is 14.5 Å². The Kier molecular flexibility index (Phi) is 7.61. The first kappa shape index (κ1) is 21.3. The Morgan fingerprint density at radius 2 is 2.03 bits per heavy atom. The van der Waals surface area contributed by atoms with Crippen LogP contribution in [-0.4, -0.2) is 36.3 Å². The summed E-state index contributed by atoms with van der Waals surface area (Å²) in [6, 6.07) is 15.4. The van der Waals surface area contributed by atoms with Crippen molar-refractivity contribution in [3.63, 3.8) is 0 Å². The van der Waals surface area contributed by atoms with Crippen molar-refractivity contribution in [2.24, 2.45) is 5.92 Å². The highest BCUT2D eigenvalue weighted by molar-refractivity contribution is 9.10. The van der Waals surface area contributed by atoms with Gasteiger partial charge in [-0.25, -0.2) is 0 Å². The van der Waals surface area contributed by atoms with Crippen LogP contribution in [0.25, 0.3) is 0 Å². The molecule has 2 aromatic carbocycles. The van der Waals surface area contributed by atoms with Gasteiger partial charge in [0.1, 0.15) is 0 Å². The number of amides is 2. The van der Waals surface area contributed by atoms with Gasteiger partial charge < -0.3 is 10.6 Å². The summed E-state index contributed by atoms with van der Waals surface area (Å²) in [4.78, 5) is 27.6. The first-order valence-electron chi connectivity index (χ1n) is 9.82. The number of halogens is 1. The van der Waals surface area contributed by atoms with Crippen molar-refractivity contribution in [1.82, 2.24) is 10.2 Å². The quantitative estimate of drug-likeness (QED) is 0.614. The molecule has 1 aliphatic rings. The van der Waals surface area contributed by atoms with Gasteiger partial charge in [-0.15, -0.1) is 6.58 Å². The van der Waals surface area contributed by atoms with Gasteiger partial charge in [-0.2, -0.15) is 0 Å². The van der Waals surface area contributed by atoms with Crippen LogP contribution in [0.5, 0.6) is 0 Å². The summed E-state index contributed by atoms with van der Waals surface area (Å²) in [6.45, 7) is 6.51. The van der Waals surface area contributed by atoms with E-state index in [-0.39, 0.29) is 17.7 Å². The molecule has 0 aliphatic carbocycles. The molecule has 29 heavy (non-hydrogen) atoms. The average molecular weight is 456 g/mol. The van der Waals surface area contributed by atoms with Crippen LogP contribution in [0.15, 0.2) is 65.7 Å². The number of piperidine rings is 1. The molecule has 0 spiro atoms. The monoisotopic (exact) mass is 455 g/mol. The zero-order chi connectivity index (χ0) is 20.6. The first-order valence-corrected chi connectivity index (χ1v) is 10.6. The second-order valence-corrected chi connectivity index (χ2v) is 8.15. The molecule has 0 radical (unpaired) electrons. The highest BCUT2D eigenvalue weighted by Crippen LogP contribution is 2.23. The van der Waals surface area contributed by atoms with E-state index in [0.29, 0.717) is 24.3 Å². The molecule has 1 saturated heterocycles. The maximum Gasteiger partial charge on any atom is 0.253 e. The normalized spacial score (nSPS) is 16.8. The fourth-order valence-electron chi connectivity index (χ4n) is 3.59. The summed E-state index contributed by atoms with van der Waals surface area (Å²) in [5.41, 5.74) is 2.23. The highest BCUT2D eigenvalue weighted by atomic mass is 79.9. The van der Waals surface area contributed by atoms with Crippen LogP contribution in [0, 0.1) is 5.92 Å². The number of rotatable bonds is 7. The molecule has 1 heterocycles. The topological polar surface area (TPSA) is 61.4 Å². The third-order valence-electron chi connectivity index (χ3n) is 5.01. The van der Waals surface area contributed by atoms with Gasteiger partial charge in [0.05, 0.1) is 17.2 Å². The van der Waals surface area contributed by atoms with Crippen LogP contribution in [0.2, 0.25) is 0 Å². The van der Waals surface area contributed by atoms with Crippen molar-refractivity contribution < 1.29 is 9.59 Å². The van der Waals surface area contributed by atoms with E-state index in [0.717, 1.165) is 30.4 Å². The Hall–Kier alpha value is -2.44. The zero-order valence-corrected chi connectivity index (χ0v) is 18.0. The van der Waals surface area contributed by atoms with E-state index >= 15 is 0 Å². The fourth-order valence-corrected chi connectivity index (χ4v) is 4.04. The molecule has 0 saturated carbocycles. The van der Waals surface area contributed by atoms with E-state index in [9.17, 15) is 9.59 Å². The number of nitrogens with one attached hydrogen (secondary N) is 2. The van der Waals surface area contributed by atoms with Gasteiger partial charge >= 0.3 is 0 Å². The fraction of sp³-hybridized carbons (Fsp3) is 0.304. The third-order valence-corrected chi connectivity index (χ3v) is 5.50. The van der Waals surface area contributed by atoms with Gasteiger partial charge in [0.25, 0.3) is 5.91 Å². The molecule has 2 amide bonds. The number of carbonyl (C=O) groups is 2. The second kappa shape index (κ2) is 10.4. The predicted octanol–water partition coefficient (Wildman–Crippen LogP) is 4.22. The van der Waals surface area contributed by atoms with E-state index in [2.05, 4.69) is 50.2 Å². The van der Waals surface area contributed by atoms with E-state index in [1.54, 1.807) is 24.3 Å². The number of hydrogen-bond acceptors (Lipinski definition) is 3. The van der Waals surface area contributed by atoms with E-state index in [1.165, 1.54) is 5.56 Å². The average Bonchev–Trinajstić information content (AvgIpc) is 2.72. The van der Waals surface area contributed by atoms with Crippen LogP contribution in [0.4, 0.5) is 5.69 Å². The summed E-state index contributed by atoms with van der Waals surface area (Å²) in [5, 5.41) is 5.73. The Morgan fingerprint density at radius 3 is 2.83 bits per heavy atom. The van der Waals surface area contributed by atoms with Gasteiger partial charge in [0, 0.05) is 24.1 Å². The second-order valence-electron chi connectivity index (χ2n) is 7.24. The molecule has 152 valence electrons. The highest BCUT2D eigenvalue weighted by Gasteiger charge is 2.26. The van der Waals surface area contributed by atoms with E-state index < -0.39 is 0 Å². The minimum Gasteiger partial charge on any atom is -0.349 e. The van der Waals surface area contributed by atoms with Crippen molar-refractivity contribution in [3.8, 4) is 0 Å². The number of likely N-dealkylation sites (tertiary alicyclic amines) is 1. The van der Waals surface area contributed by atoms with Crippen molar-refractivity contribution in [2.45, 2.75) is 19.4 Å². The lowest BCUT2D eigenvalue weighted by Crippen LogP contribution is -2.40. The minimum absolute atomic E-state index is 0.0343. The number of hydrogen-bond donors (Lipinski definition) is 2. The molecule has 6 heteroatoms. The SMILES string of the molecule is C=CCNC(=O)c1ccccc1NC(=O)C1CCCN(Cc2cccc(Br)c2)C1. The third kappa shape index (κ3) is 6.02. The molecule has 1 aliphatic heterocycles. The molecule has 2 aromatic rings. The number of anilines is 1. The molecule has 1 atom stereocenters. The van der Waals surface area contributed by atoms with Gasteiger partial charge in [0.15, 0.2) is 0 Å². The van der Waals surface area contributed by atoms with E-state index in [1.807, 2.05) is 18.2 Å². The Labute approximate surface area is 180 Å². The number of benzene rings is 2. The Morgan fingerprint density at radius 1 is 1.21 bits per heavy atom.